The van der Waals surface area contributed by atoms with Crippen LogP contribution < -0.4 is 17.1 Å². The van der Waals surface area contributed by atoms with Gasteiger partial charge in [0.2, 0.25) is 0 Å². The van der Waals surface area contributed by atoms with Crippen LogP contribution in [0.4, 0.5) is 5.69 Å². The lowest BCUT2D eigenvalue weighted by Gasteiger charge is -2.32. The van der Waals surface area contributed by atoms with Crippen LogP contribution in [0.3, 0.4) is 0 Å². The molecule has 1 unspecified atom stereocenters. The molecule has 0 bridgehead atoms. The van der Waals surface area contributed by atoms with Gasteiger partial charge in [-0.05, 0) is 29.3 Å². The number of nitrogens with two attached hydrogens (primary N) is 2. The first-order valence-electron chi connectivity index (χ1n) is 6.36. The molecule has 1 amide bonds. The number of benzene rings is 2. The highest BCUT2D eigenvalue weighted by molar-refractivity contribution is 5.96. The Morgan fingerprint density at radius 3 is 2.52 bits per heavy atom. The molecule has 0 radical (unpaired) electrons. The zero-order chi connectivity index (χ0) is 14.8. The number of nitrogens with one attached hydrogen (secondary N) is 1. The van der Waals surface area contributed by atoms with Crippen LogP contribution in [-0.4, -0.2) is 11.0 Å². The van der Waals surface area contributed by atoms with Crippen molar-refractivity contribution in [2.24, 2.45) is 22.0 Å². The number of carbonyl (C=O) groups excluding carboxylic acids is 1. The largest absolute Gasteiger partial charge is 0.305 e. The Morgan fingerprint density at radius 2 is 1.81 bits per heavy atom. The van der Waals surface area contributed by atoms with Crippen LogP contribution in [0.15, 0.2) is 58.9 Å². The van der Waals surface area contributed by atoms with Crippen LogP contribution in [0, 0.1) is 0 Å². The number of amides is 1. The van der Waals surface area contributed by atoms with E-state index >= 15 is 0 Å². The summed E-state index contributed by atoms with van der Waals surface area (Å²) in [6.07, 6.45) is 0. The van der Waals surface area contributed by atoms with Crippen molar-refractivity contribution in [2.75, 3.05) is 0 Å². The van der Waals surface area contributed by atoms with Crippen LogP contribution in [0.1, 0.15) is 27.5 Å². The van der Waals surface area contributed by atoms with Gasteiger partial charge in [-0.25, -0.2) is 16.4 Å². The lowest BCUT2D eigenvalue weighted by atomic mass is 9.93. The van der Waals surface area contributed by atoms with E-state index in [0.717, 1.165) is 16.2 Å². The minimum absolute atomic E-state index is 0.201. The summed E-state index contributed by atoms with van der Waals surface area (Å²) < 4.78 is 0. The van der Waals surface area contributed by atoms with Crippen molar-refractivity contribution in [3.63, 3.8) is 0 Å². The minimum Gasteiger partial charge on any atom is -0.305 e. The van der Waals surface area contributed by atoms with Crippen molar-refractivity contribution in [3.8, 4) is 0 Å². The van der Waals surface area contributed by atoms with Gasteiger partial charge >= 0.3 is 0 Å². The van der Waals surface area contributed by atoms with Gasteiger partial charge < -0.3 is 5.84 Å². The van der Waals surface area contributed by atoms with E-state index in [9.17, 15) is 4.79 Å². The third kappa shape index (κ3) is 2.35. The maximum atomic E-state index is 12.0. The van der Waals surface area contributed by atoms with Crippen LogP contribution in [0.5, 0.6) is 0 Å². The van der Waals surface area contributed by atoms with Crippen LogP contribution in [0.2, 0.25) is 0 Å². The molecule has 1 aliphatic heterocycles. The number of hydrogen-bond donors (Lipinski definition) is 3. The molecular weight excluding hydrogens is 268 g/mol. The van der Waals surface area contributed by atoms with E-state index in [0.29, 0.717) is 11.3 Å². The van der Waals surface area contributed by atoms with E-state index < -0.39 is 0 Å². The van der Waals surface area contributed by atoms with E-state index in [4.69, 9.17) is 11.7 Å². The Balaban J connectivity index is 2.02. The second-order valence-corrected chi connectivity index (χ2v) is 4.63. The summed E-state index contributed by atoms with van der Waals surface area (Å²) in [4.78, 5) is 12.0. The molecule has 3 rings (SSSR count). The van der Waals surface area contributed by atoms with E-state index in [1.54, 1.807) is 18.2 Å². The van der Waals surface area contributed by atoms with Crippen LogP contribution in [0.25, 0.3) is 0 Å². The van der Waals surface area contributed by atoms with Gasteiger partial charge in [0.25, 0.3) is 5.91 Å². The van der Waals surface area contributed by atoms with Gasteiger partial charge in [-0.2, -0.15) is 0 Å². The summed E-state index contributed by atoms with van der Waals surface area (Å²) in [6.45, 7) is 0. The second kappa shape index (κ2) is 5.31. The van der Waals surface area contributed by atoms with E-state index in [-0.39, 0.29) is 11.9 Å². The average molecular weight is 282 g/mol. The first kappa shape index (κ1) is 13.2. The van der Waals surface area contributed by atoms with Gasteiger partial charge in [-0.1, -0.05) is 35.6 Å². The monoisotopic (exact) mass is 282 g/mol. The molecule has 0 saturated heterocycles. The van der Waals surface area contributed by atoms with E-state index in [1.807, 2.05) is 30.3 Å². The molecule has 0 aliphatic carbocycles. The molecule has 1 heterocycles. The van der Waals surface area contributed by atoms with Gasteiger partial charge in [-0.3, -0.25) is 4.79 Å². The summed E-state index contributed by atoms with van der Waals surface area (Å²) in [5.41, 5.74) is 6.07. The van der Waals surface area contributed by atoms with Gasteiger partial charge in [0.1, 0.15) is 0 Å². The van der Waals surface area contributed by atoms with E-state index in [1.165, 1.54) is 0 Å². The number of hydrazine groups is 2. The highest BCUT2D eigenvalue weighted by atomic mass is 16.2. The topological polar surface area (TPSA) is 109 Å². The first-order chi connectivity index (χ1) is 10.2. The fourth-order valence-electron chi connectivity index (χ4n) is 2.39. The summed E-state index contributed by atoms with van der Waals surface area (Å²) in [7, 11) is 0. The smallest absolute Gasteiger partial charge is 0.282 e. The molecule has 0 spiro atoms. The van der Waals surface area contributed by atoms with Crippen molar-refractivity contribution in [3.05, 3.63) is 65.2 Å². The zero-order valence-corrected chi connectivity index (χ0v) is 11.1. The molecule has 1 atom stereocenters. The molecule has 7 nitrogen and oxygen atoms in total. The molecule has 106 valence electrons. The molecular formula is C14H14N6O. The van der Waals surface area contributed by atoms with Crippen molar-refractivity contribution in [1.29, 1.82) is 0 Å². The third-order valence-electron chi connectivity index (χ3n) is 3.39. The van der Waals surface area contributed by atoms with Crippen molar-refractivity contribution >= 4 is 11.6 Å². The van der Waals surface area contributed by atoms with Crippen LogP contribution >= 0.6 is 0 Å². The van der Waals surface area contributed by atoms with Crippen molar-refractivity contribution in [2.45, 2.75) is 6.04 Å². The fourth-order valence-corrected chi connectivity index (χ4v) is 2.39. The zero-order valence-electron chi connectivity index (χ0n) is 11.1. The SMILES string of the molecule is NN=Nc1ccc(C2NN(N)C(=O)c3ccccc32)cc1. The van der Waals surface area contributed by atoms with Crippen LogP contribution in [-0.2, 0) is 0 Å². The van der Waals surface area contributed by atoms with Gasteiger partial charge in [0, 0.05) is 5.56 Å². The van der Waals surface area contributed by atoms with Gasteiger partial charge in [0.05, 0.1) is 11.7 Å². The maximum absolute atomic E-state index is 12.0. The van der Waals surface area contributed by atoms with Crippen molar-refractivity contribution in [1.82, 2.24) is 10.5 Å². The van der Waals surface area contributed by atoms with E-state index in [2.05, 4.69) is 15.8 Å². The molecule has 2 aromatic rings. The number of nitrogens with zero attached hydrogens (tertiary/aromatic N) is 3. The Hall–Kier alpha value is -2.77. The Morgan fingerprint density at radius 1 is 1.10 bits per heavy atom. The lowest BCUT2D eigenvalue weighted by Crippen LogP contribution is -2.53. The van der Waals surface area contributed by atoms with Gasteiger partial charge in [0.15, 0.2) is 0 Å². The normalized spacial score (nSPS) is 18.0. The number of fused-ring (bicyclic) bond motifs is 1. The molecule has 0 saturated carbocycles. The molecule has 2 aromatic carbocycles. The number of rotatable bonds is 2. The second-order valence-electron chi connectivity index (χ2n) is 4.63. The average Bonchev–Trinajstić information content (AvgIpc) is 2.52. The molecule has 1 aliphatic rings. The molecule has 21 heavy (non-hydrogen) atoms. The summed E-state index contributed by atoms with van der Waals surface area (Å²) in [5.74, 6) is 10.5. The minimum atomic E-state index is -0.254. The third-order valence-corrected chi connectivity index (χ3v) is 3.39. The number of hydrogen-bond acceptors (Lipinski definition) is 5. The number of carbonyl (C=O) groups is 1. The molecule has 5 N–H and O–H groups in total. The summed E-state index contributed by atoms with van der Waals surface area (Å²) >= 11 is 0. The highest BCUT2D eigenvalue weighted by Gasteiger charge is 2.29. The highest BCUT2D eigenvalue weighted by Crippen LogP contribution is 2.30. The quantitative estimate of drug-likeness (QED) is 0.336. The molecule has 0 fully saturated rings. The Kier molecular flexibility index (Phi) is 3.35. The maximum Gasteiger partial charge on any atom is 0.282 e. The molecule has 7 heteroatoms. The lowest BCUT2D eigenvalue weighted by molar-refractivity contribution is 0.0596. The standard InChI is InChI=1S/C14H14N6O/c15-19-17-10-7-5-9(6-8-10)13-11-3-1-2-4-12(11)14(21)20(16)18-13/h1-8,13,18H,16H2,(H2,15,17). The Labute approximate surface area is 121 Å². The first-order valence-corrected chi connectivity index (χ1v) is 6.36. The predicted octanol–water partition coefficient (Wildman–Crippen LogP) is 1.57. The predicted molar refractivity (Wildman–Crippen MR) is 76.9 cm³/mol. The van der Waals surface area contributed by atoms with Crippen molar-refractivity contribution < 1.29 is 4.79 Å². The summed E-state index contributed by atoms with van der Waals surface area (Å²) in [6, 6.07) is 14.6. The summed E-state index contributed by atoms with van der Waals surface area (Å²) in [5, 5.41) is 8.01. The Bertz CT molecular complexity index is 697. The fraction of sp³-hybridized carbons (Fsp3) is 0.0714. The molecule has 0 aromatic heterocycles. The van der Waals surface area contributed by atoms with Gasteiger partial charge in [-0.15, -0.1) is 5.11 Å².